The lowest BCUT2D eigenvalue weighted by atomic mass is 10.2. The van der Waals surface area contributed by atoms with Crippen molar-refractivity contribution < 1.29 is 9.53 Å². The number of piperazine rings is 1. The normalized spacial score (nSPS) is 17.4. The van der Waals surface area contributed by atoms with Crippen LogP contribution in [0.15, 0.2) is 18.3 Å². The summed E-state index contributed by atoms with van der Waals surface area (Å²) in [6.45, 7) is 4.79. The van der Waals surface area contributed by atoms with Crippen molar-refractivity contribution in [3.05, 3.63) is 18.3 Å². The number of carbonyl (C=O) groups excluding carboxylic acids is 1. The summed E-state index contributed by atoms with van der Waals surface area (Å²) in [4.78, 5) is 20.1. The van der Waals surface area contributed by atoms with E-state index in [1.54, 1.807) is 26.3 Å². The van der Waals surface area contributed by atoms with Crippen molar-refractivity contribution in [2.75, 3.05) is 43.9 Å². The largest absolute Gasteiger partial charge is 0.384 e. The first kappa shape index (κ1) is 13.6. The van der Waals surface area contributed by atoms with Crippen LogP contribution < -0.4 is 10.6 Å². The third-order valence-corrected chi connectivity index (χ3v) is 3.43. The van der Waals surface area contributed by atoms with Crippen molar-refractivity contribution in [1.82, 2.24) is 9.88 Å². The molecule has 2 N–H and O–H groups in total. The summed E-state index contributed by atoms with van der Waals surface area (Å²) in [5, 5.41) is 0. The van der Waals surface area contributed by atoms with Crippen molar-refractivity contribution in [2.45, 2.75) is 13.0 Å². The predicted molar refractivity (Wildman–Crippen MR) is 73.9 cm³/mol. The predicted octanol–water partition coefficient (Wildman–Crippen LogP) is 0.347. The van der Waals surface area contributed by atoms with E-state index in [1.165, 1.54) is 0 Å². The van der Waals surface area contributed by atoms with Crippen LogP contribution in [0.4, 0.5) is 11.5 Å². The first-order chi connectivity index (χ1) is 9.11. The molecule has 1 fully saturated rings. The summed E-state index contributed by atoms with van der Waals surface area (Å²) < 4.78 is 5.06. The molecular formula is C13H20N4O2. The quantitative estimate of drug-likeness (QED) is 0.852. The molecule has 6 nitrogen and oxygen atoms in total. The number of nitrogens with zero attached hydrogens (tertiary/aromatic N) is 3. The van der Waals surface area contributed by atoms with Gasteiger partial charge in [-0.15, -0.1) is 0 Å². The van der Waals surface area contributed by atoms with Crippen molar-refractivity contribution in [3.63, 3.8) is 0 Å². The molecule has 104 valence electrons. The molecule has 0 bridgehead atoms. The zero-order valence-corrected chi connectivity index (χ0v) is 11.4. The Balaban J connectivity index is 1.92. The maximum Gasteiger partial charge on any atom is 0.251 e. The highest BCUT2D eigenvalue weighted by Gasteiger charge is 2.24. The van der Waals surface area contributed by atoms with Crippen molar-refractivity contribution >= 4 is 17.4 Å². The van der Waals surface area contributed by atoms with Crippen molar-refractivity contribution in [2.24, 2.45) is 0 Å². The van der Waals surface area contributed by atoms with Gasteiger partial charge in [-0.25, -0.2) is 4.98 Å². The molecule has 1 aliphatic heterocycles. The van der Waals surface area contributed by atoms with E-state index < -0.39 is 0 Å². The van der Waals surface area contributed by atoms with E-state index in [0.717, 1.165) is 18.8 Å². The van der Waals surface area contributed by atoms with E-state index in [9.17, 15) is 4.79 Å². The minimum Gasteiger partial charge on any atom is -0.384 e. The molecule has 0 radical (unpaired) electrons. The van der Waals surface area contributed by atoms with Crippen LogP contribution in [0.1, 0.15) is 6.92 Å². The Bertz CT molecular complexity index is 427. The molecule has 0 saturated carbocycles. The standard InChI is InChI=1S/C13H20N4O2/c1-10(19-2)13(18)17-7-5-16(6-8-17)11-3-4-12(14)15-9-11/h3-4,9-10H,5-8H2,1-2H3,(H2,14,15). The molecule has 6 heteroatoms. The highest BCUT2D eigenvalue weighted by atomic mass is 16.5. The van der Waals surface area contributed by atoms with E-state index in [4.69, 9.17) is 10.5 Å². The molecule has 1 aromatic rings. The van der Waals surface area contributed by atoms with Crippen LogP contribution in [0, 0.1) is 0 Å². The Kier molecular flexibility index (Phi) is 4.21. The van der Waals surface area contributed by atoms with Gasteiger partial charge in [-0.1, -0.05) is 0 Å². The number of nitrogen functional groups attached to an aromatic ring is 1. The number of hydrogen-bond acceptors (Lipinski definition) is 5. The third-order valence-electron chi connectivity index (χ3n) is 3.43. The fraction of sp³-hybridized carbons (Fsp3) is 0.538. The Morgan fingerprint density at radius 3 is 2.58 bits per heavy atom. The SMILES string of the molecule is COC(C)C(=O)N1CCN(c2ccc(N)nc2)CC1. The van der Waals surface area contributed by atoms with Gasteiger partial charge in [0, 0.05) is 33.3 Å². The zero-order valence-electron chi connectivity index (χ0n) is 11.4. The lowest BCUT2D eigenvalue weighted by molar-refractivity contribution is -0.141. The van der Waals surface area contributed by atoms with E-state index in [0.29, 0.717) is 18.9 Å². The Hall–Kier alpha value is -1.82. The summed E-state index contributed by atoms with van der Waals surface area (Å²) in [6.07, 6.45) is 1.40. The molecule has 19 heavy (non-hydrogen) atoms. The molecule has 1 aromatic heterocycles. The average Bonchev–Trinajstić information content (AvgIpc) is 2.46. The second-order valence-electron chi connectivity index (χ2n) is 4.63. The summed E-state index contributed by atoms with van der Waals surface area (Å²) in [5.41, 5.74) is 6.61. The average molecular weight is 264 g/mol. The molecule has 1 unspecified atom stereocenters. The van der Waals surface area contributed by atoms with Gasteiger partial charge in [0.15, 0.2) is 0 Å². The van der Waals surface area contributed by atoms with Gasteiger partial charge in [0.1, 0.15) is 11.9 Å². The number of nitrogens with two attached hydrogens (primary N) is 1. The number of aromatic nitrogens is 1. The topological polar surface area (TPSA) is 71.7 Å². The number of ether oxygens (including phenoxy) is 1. The van der Waals surface area contributed by atoms with Gasteiger partial charge in [-0.3, -0.25) is 4.79 Å². The number of rotatable bonds is 3. The molecule has 1 atom stereocenters. The number of carbonyl (C=O) groups is 1. The van der Waals surface area contributed by atoms with E-state index >= 15 is 0 Å². The van der Waals surface area contributed by atoms with E-state index in [-0.39, 0.29) is 12.0 Å². The highest BCUT2D eigenvalue weighted by molar-refractivity contribution is 5.80. The van der Waals surface area contributed by atoms with Gasteiger partial charge < -0.3 is 20.3 Å². The van der Waals surface area contributed by atoms with Crippen LogP contribution in [-0.4, -0.2) is 55.2 Å². The molecule has 2 heterocycles. The number of hydrogen-bond donors (Lipinski definition) is 1. The Morgan fingerprint density at radius 1 is 1.37 bits per heavy atom. The number of pyridine rings is 1. The molecule has 2 rings (SSSR count). The van der Waals surface area contributed by atoms with E-state index in [1.807, 2.05) is 11.0 Å². The van der Waals surface area contributed by atoms with Crippen LogP contribution in [0.2, 0.25) is 0 Å². The fourth-order valence-electron chi connectivity index (χ4n) is 2.13. The summed E-state index contributed by atoms with van der Waals surface area (Å²) in [5.74, 6) is 0.573. The lowest BCUT2D eigenvalue weighted by Gasteiger charge is -2.36. The molecular weight excluding hydrogens is 244 g/mol. The summed E-state index contributed by atoms with van der Waals surface area (Å²) in [6, 6.07) is 3.75. The molecule has 1 aliphatic rings. The van der Waals surface area contributed by atoms with Crippen molar-refractivity contribution in [1.29, 1.82) is 0 Å². The highest BCUT2D eigenvalue weighted by Crippen LogP contribution is 2.16. The van der Waals surface area contributed by atoms with Gasteiger partial charge in [0.05, 0.1) is 11.9 Å². The smallest absolute Gasteiger partial charge is 0.251 e. The first-order valence-electron chi connectivity index (χ1n) is 6.40. The molecule has 1 saturated heterocycles. The Morgan fingerprint density at radius 2 is 2.05 bits per heavy atom. The summed E-state index contributed by atoms with van der Waals surface area (Å²) >= 11 is 0. The van der Waals surface area contributed by atoms with Crippen molar-refractivity contribution in [3.8, 4) is 0 Å². The van der Waals surface area contributed by atoms with Gasteiger partial charge in [0.2, 0.25) is 0 Å². The first-order valence-corrected chi connectivity index (χ1v) is 6.40. The minimum absolute atomic E-state index is 0.0533. The molecule has 0 spiro atoms. The van der Waals surface area contributed by atoms with Crippen LogP contribution >= 0.6 is 0 Å². The van der Waals surface area contributed by atoms with E-state index in [2.05, 4.69) is 9.88 Å². The second-order valence-corrected chi connectivity index (χ2v) is 4.63. The van der Waals surface area contributed by atoms with Crippen LogP contribution in [0.5, 0.6) is 0 Å². The molecule has 0 aromatic carbocycles. The maximum atomic E-state index is 12.0. The van der Waals surface area contributed by atoms with Crippen LogP contribution in [0.3, 0.4) is 0 Å². The zero-order chi connectivity index (χ0) is 13.8. The molecule has 1 amide bonds. The number of anilines is 2. The van der Waals surface area contributed by atoms with Gasteiger partial charge in [-0.2, -0.15) is 0 Å². The lowest BCUT2D eigenvalue weighted by Crippen LogP contribution is -2.51. The van der Waals surface area contributed by atoms with Crippen LogP contribution in [-0.2, 0) is 9.53 Å². The number of methoxy groups -OCH3 is 1. The third kappa shape index (κ3) is 3.14. The number of amides is 1. The van der Waals surface area contributed by atoms with Gasteiger partial charge >= 0.3 is 0 Å². The second kappa shape index (κ2) is 5.88. The van der Waals surface area contributed by atoms with Gasteiger partial charge in [-0.05, 0) is 19.1 Å². The molecule has 0 aliphatic carbocycles. The monoisotopic (exact) mass is 264 g/mol. The Labute approximate surface area is 113 Å². The maximum absolute atomic E-state index is 12.0. The summed E-state index contributed by atoms with van der Waals surface area (Å²) in [7, 11) is 1.55. The van der Waals surface area contributed by atoms with Crippen LogP contribution in [0.25, 0.3) is 0 Å². The fourth-order valence-corrected chi connectivity index (χ4v) is 2.13. The minimum atomic E-state index is -0.371. The van der Waals surface area contributed by atoms with Gasteiger partial charge in [0.25, 0.3) is 5.91 Å².